The Morgan fingerprint density at radius 2 is 2.62 bits per heavy atom. The molecule has 1 aromatic heterocycles. The van der Waals surface area contributed by atoms with Gasteiger partial charge in [0.05, 0.1) is 0 Å². The van der Waals surface area contributed by atoms with Gasteiger partial charge in [-0.2, -0.15) is 0 Å². The summed E-state index contributed by atoms with van der Waals surface area (Å²) in [6.45, 7) is 3.98. The lowest BCUT2D eigenvalue weighted by Gasteiger charge is -1.99. The molecule has 0 bridgehead atoms. The lowest BCUT2D eigenvalue weighted by Crippen LogP contribution is -2.03. The van der Waals surface area contributed by atoms with Gasteiger partial charge in [-0.15, -0.1) is 11.3 Å². The van der Waals surface area contributed by atoms with E-state index < -0.39 is 4.92 Å². The molecule has 0 aromatic carbocycles. The molecule has 0 saturated heterocycles. The molecule has 0 amide bonds. The van der Waals surface area contributed by atoms with Crippen LogP contribution in [0.15, 0.2) is 18.9 Å². The molecule has 0 aliphatic carbocycles. The SMILES string of the molecule is C=CCNc1cnn(C)c1[N+](=O)[O-]. The monoisotopic (exact) mass is 182 g/mol. The van der Waals surface area contributed by atoms with Crippen molar-refractivity contribution in [3.63, 3.8) is 0 Å². The summed E-state index contributed by atoms with van der Waals surface area (Å²) in [5.74, 6) is -0.0400. The van der Waals surface area contributed by atoms with E-state index in [2.05, 4.69) is 17.0 Å². The fourth-order valence-electron chi connectivity index (χ4n) is 0.954. The second kappa shape index (κ2) is 3.70. The molecule has 1 N–H and O–H groups in total. The summed E-state index contributed by atoms with van der Waals surface area (Å²) < 4.78 is 1.21. The molecule has 1 aromatic rings. The highest BCUT2D eigenvalue weighted by molar-refractivity contribution is 5.56. The first-order valence-corrected chi connectivity index (χ1v) is 3.68. The maximum atomic E-state index is 10.5. The lowest BCUT2D eigenvalue weighted by atomic mass is 10.5. The average molecular weight is 182 g/mol. The van der Waals surface area contributed by atoms with Crippen LogP contribution in [0.2, 0.25) is 0 Å². The predicted octanol–water partition coefficient (Wildman–Crippen LogP) is 0.926. The number of aryl methyl sites for hydroxylation is 1. The van der Waals surface area contributed by atoms with Crippen LogP contribution in [-0.4, -0.2) is 21.2 Å². The third kappa shape index (κ3) is 1.84. The van der Waals surface area contributed by atoms with Crippen LogP contribution in [-0.2, 0) is 7.05 Å². The van der Waals surface area contributed by atoms with Crippen molar-refractivity contribution < 1.29 is 4.92 Å². The highest BCUT2D eigenvalue weighted by atomic mass is 16.6. The van der Waals surface area contributed by atoms with Crippen LogP contribution in [0, 0.1) is 10.1 Å². The maximum absolute atomic E-state index is 10.5. The van der Waals surface area contributed by atoms with Gasteiger partial charge >= 0.3 is 5.82 Å². The Balaban J connectivity index is 2.93. The topological polar surface area (TPSA) is 73.0 Å². The summed E-state index contributed by atoms with van der Waals surface area (Å²) >= 11 is 0. The summed E-state index contributed by atoms with van der Waals surface area (Å²) in [6, 6.07) is 0. The molecule has 0 saturated carbocycles. The fraction of sp³-hybridized carbons (Fsp3) is 0.286. The minimum absolute atomic E-state index is 0.0400. The Hall–Kier alpha value is -1.85. The van der Waals surface area contributed by atoms with Gasteiger partial charge in [-0.25, -0.2) is 0 Å². The number of hydrogen-bond acceptors (Lipinski definition) is 4. The normalized spacial score (nSPS) is 9.62. The number of nitrogens with one attached hydrogen (secondary N) is 1. The molecule has 0 aliphatic rings. The molecule has 6 heteroatoms. The summed E-state index contributed by atoms with van der Waals surface area (Å²) in [7, 11) is 1.53. The van der Waals surface area contributed by atoms with Crippen LogP contribution < -0.4 is 5.32 Å². The van der Waals surface area contributed by atoms with Gasteiger partial charge in [0.25, 0.3) is 0 Å². The van der Waals surface area contributed by atoms with Crippen LogP contribution in [0.5, 0.6) is 0 Å². The van der Waals surface area contributed by atoms with Gasteiger partial charge in [-0.1, -0.05) is 11.2 Å². The maximum Gasteiger partial charge on any atom is 0.368 e. The van der Waals surface area contributed by atoms with Gasteiger partial charge in [-0.05, 0) is 4.92 Å². The average Bonchev–Trinajstić information content (AvgIpc) is 2.43. The minimum atomic E-state index is -0.474. The molecule has 0 aliphatic heterocycles. The number of hydrogen-bond donors (Lipinski definition) is 1. The highest BCUT2D eigenvalue weighted by Crippen LogP contribution is 2.21. The third-order valence-electron chi connectivity index (χ3n) is 1.52. The highest BCUT2D eigenvalue weighted by Gasteiger charge is 2.17. The largest absolute Gasteiger partial charge is 0.373 e. The van der Waals surface area contributed by atoms with E-state index in [1.54, 1.807) is 6.08 Å². The number of nitrogens with zero attached hydrogens (tertiary/aromatic N) is 3. The van der Waals surface area contributed by atoms with Crippen molar-refractivity contribution in [3.05, 3.63) is 29.0 Å². The second-order valence-electron chi connectivity index (χ2n) is 2.43. The Bertz CT molecular complexity index is 331. The standard InChI is InChI=1S/C7H10N4O2/c1-3-4-8-6-5-9-10(2)7(6)11(12)13/h3,5,8H,1,4H2,2H3. The molecule has 1 rings (SSSR count). The van der Waals surface area contributed by atoms with Crippen molar-refractivity contribution in [2.24, 2.45) is 7.05 Å². The molecule has 13 heavy (non-hydrogen) atoms. The Kier molecular flexibility index (Phi) is 2.63. The van der Waals surface area contributed by atoms with Crippen LogP contribution in [0.25, 0.3) is 0 Å². The number of rotatable bonds is 4. The summed E-state index contributed by atoms with van der Waals surface area (Å²) in [4.78, 5) is 10.1. The van der Waals surface area contributed by atoms with E-state index in [4.69, 9.17) is 0 Å². The van der Waals surface area contributed by atoms with E-state index in [-0.39, 0.29) is 5.82 Å². The van der Waals surface area contributed by atoms with E-state index in [1.807, 2.05) is 0 Å². The molecule has 0 radical (unpaired) electrons. The zero-order valence-electron chi connectivity index (χ0n) is 7.23. The van der Waals surface area contributed by atoms with Crippen LogP contribution in [0.4, 0.5) is 11.5 Å². The smallest absolute Gasteiger partial charge is 0.368 e. The first kappa shape index (κ1) is 9.24. The summed E-state index contributed by atoms with van der Waals surface area (Å²) in [5, 5.41) is 17.1. The van der Waals surface area contributed by atoms with Crippen LogP contribution in [0.3, 0.4) is 0 Å². The Morgan fingerprint density at radius 3 is 3.15 bits per heavy atom. The third-order valence-corrected chi connectivity index (χ3v) is 1.52. The van der Waals surface area contributed by atoms with Gasteiger partial charge in [-0.3, -0.25) is 0 Å². The van der Waals surface area contributed by atoms with Gasteiger partial charge in [0.15, 0.2) is 5.69 Å². The van der Waals surface area contributed by atoms with Crippen molar-refractivity contribution in [1.29, 1.82) is 0 Å². The summed E-state index contributed by atoms with van der Waals surface area (Å²) in [6.07, 6.45) is 3.04. The molecule has 0 spiro atoms. The van der Waals surface area contributed by atoms with Gasteiger partial charge < -0.3 is 15.4 Å². The zero-order valence-corrected chi connectivity index (χ0v) is 7.23. The van der Waals surface area contributed by atoms with Crippen molar-refractivity contribution in [3.8, 4) is 0 Å². The molecular formula is C7H10N4O2. The van der Waals surface area contributed by atoms with Crippen molar-refractivity contribution >= 4 is 11.5 Å². The lowest BCUT2D eigenvalue weighted by molar-refractivity contribution is -0.391. The van der Waals surface area contributed by atoms with Crippen molar-refractivity contribution in [2.75, 3.05) is 11.9 Å². The number of nitro groups is 1. The molecule has 1 heterocycles. The van der Waals surface area contributed by atoms with E-state index >= 15 is 0 Å². The van der Waals surface area contributed by atoms with Crippen LogP contribution in [0.1, 0.15) is 0 Å². The van der Waals surface area contributed by atoms with Crippen LogP contribution >= 0.6 is 0 Å². The molecule has 70 valence electrons. The first-order valence-electron chi connectivity index (χ1n) is 3.68. The Morgan fingerprint density at radius 1 is 1.92 bits per heavy atom. The molecule has 0 unspecified atom stereocenters. The fourth-order valence-corrected chi connectivity index (χ4v) is 0.954. The van der Waals surface area contributed by atoms with Crippen molar-refractivity contribution in [1.82, 2.24) is 9.78 Å². The van der Waals surface area contributed by atoms with Crippen molar-refractivity contribution in [2.45, 2.75) is 0 Å². The molecular weight excluding hydrogens is 172 g/mol. The summed E-state index contributed by atoms with van der Waals surface area (Å²) in [5.41, 5.74) is 0.410. The number of aromatic nitrogens is 2. The van der Waals surface area contributed by atoms with E-state index in [1.165, 1.54) is 17.9 Å². The first-order chi connectivity index (χ1) is 6.16. The Labute approximate surface area is 75.0 Å². The molecule has 6 nitrogen and oxygen atoms in total. The quantitative estimate of drug-likeness (QED) is 0.427. The van der Waals surface area contributed by atoms with E-state index in [0.717, 1.165) is 0 Å². The van der Waals surface area contributed by atoms with E-state index in [9.17, 15) is 10.1 Å². The zero-order chi connectivity index (χ0) is 9.84. The van der Waals surface area contributed by atoms with E-state index in [0.29, 0.717) is 12.2 Å². The van der Waals surface area contributed by atoms with Gasteiger partial charge in [0.1, 0.15) is 13.2 Å². The molecule has 0 atom stereocenters. The minimum Gasteiger partial charge on any atom is -0.373 e. The predicted molar refractivity (Wildman–Crippen MR) is 48.5 cm³/mol. The second-order valence-corrected chi connectivity index (χ2v) is 2.43. The van der Waals surface area contributed by atoms with Gasteiger partial charge in [0.2, 0.25) is 0 Å². The van der Waals surface area contributed by atoms with Gasteiger partial charge in [0, 0.05) is 6.54 Å². The number of anilines is 1. The molecule has 0 fully saturated rings.